The van der Waals surface area contributed by atoms with Crippen molar-refractivity contribution < 1.29 is 23.8 Å². The van der Waals surface area contributed by atoms with E-state index in [2.05, 4.69) is 37.2 Å². The van der Waals surface area contributed by atoms with Gasteiger partial charge in [0.15, 0.2) is 11.5 Å². The van der Waals surface area contributed by atoms with E-state index in [1.54, 1.807) is 48.2 Å². The second kappa shape index (κ2) is 17.0. The van der Waals surface area contributed by atoms with Gasteiger partial charge in [-0.2, -0.15) is 0 Å². The number of ether oxygens (including phenoxy) is 2. The molecule has 0 aliphatic carbocycles. The lowest BCUT2D eigenvalue weighted by Gasteiger charge is -2.28. The third-order valence-electron chi connectivity index (χ3n) is 7.21. The van der Waals surface area contributed by atoms with Crippen molar-refractivity contribution in [3.63, 3.8) is 0 Å². The molecule has 2 N–H and O–H groups in total. The van der Waals surface area contributed by atoms with Crippen LogP contribution in [0, 0.1) is 5.82 Å². The van der Waals surface area contributed by atoms with Crippen LogP contribution >= 0.6 is 66.8 Å². The Kier molecular flexibility index (Phi) is 13.5. The maximum Gasteiger partial charge on any atom is 0.252 e. The molecule has 0 radical (unpaired) electrons. The van der Waals surface area contributed by atoms with Gasteiger partial charge in [0, 0.05) is 29.1 Å². The van der Waals surface area contributed by atoms with E-state index >= 15 is 0 Å². The number of hydrogen-bond donors (Lipinski definition) is 2. The Hall–Kier alpha value is -2.27. The largest absolute Gasteiger partial charge is 0.493 e. The number of carbonyl (C=O) groups excluding carboxylic acids is 1. The summed E-state index contributed by atoms with van der Waals surface area (Å²) in [5, 5.41) is 15.9. The molecule has 1 amide bonds. The van der Waals surface area contributed by atoms with Gasteiger partial charge in [0.05, 0.1) is 31.9 Å². The normalized spacial score (nSPS) is 13.2. The highest BCUT2D eigenvalue weighted by Crippen LogP contribution is 2.35. The lowest BCUT2D eigenvalue weighted by atomic mass is 9.96. The molecule has 3 atom stereocenters. The molecule has 0 bridgehead atoms. The first-order valence-corrected chi connectivity index (χ1v) is 17.3. The molecule has 45 heavy (non-hydrogen) atoms. The van der Waals surface area contributed by atoms with Crippen molar-refractivity contribution in [2.24, 2.45) is 0 Å². The molecule has 0 saturated heterocycles. The Balaban J connectivity index is 1.60. The summed E-state index contributed by atoms with van der Waals surface area (Å²) < 4.78 is 25.9. The molecular weight excluding hydrogens is 768 g/mol. The number of hydrogen-bond acceptors (Lipinski definition) is 5. The number of aryl methyl sites for hydroxylation is 1. The number of aliphatic hydroxyl groups is 1. The van der Waals surface area contributed by atoms with Gasteiger partial charge >= 0.3 is 0 Å². The molecule has 0 aliphatic rings. The fraction of sp³-hybridized carbons (Fsp3) is 0.265. The van der Waals surface area contributed by atoms with Crippen LogP contribution in [0.4, 0.5) is 4.39 Å². The van der Waals surface area contributed by atoms with Gasteiger partial charge in [-0.25, -0.2) is 4.39 Å². The van der Waals surface area contributed by atoms with Crippen LogP contribution in [0.25, 0.3) is 0 Å². The second-order valence-corrected chi connectivity index (χ2v) is 14.4. The molecule has 238 valence electrons. The Bertz CT molecular complexity index is 1610. The number of benzene rings is 4. The van der Waals surface area contributed by atoms with Gasteiger partial charge in [0.1, 0.15) is 5.82 Å². The summed E-state index contributed by atoms with van der Waals surface area (Å²) in [6.45, 7) is 0. The minimum Gasteiger partial charge on any atom is -0.493 e. The highest BCUT2D eigenvalue weighted by Gasteiger charge is 2.28. The third-order valence-corrected chi connectivity index (χ3v) is 10.3. The van der Waals surface area contributed by atoms with Crippen molar-refractivity contribution in [3.8, 4) is 11.5 Å². The molecule has 0 unspecified atom stereocenters. The molecule has 4 aromatic carbocycles. The van der Waals surface area contributed by atoms with Crippen molar-refractivity contribution in [2.45, 2.75) is 48.0 Å². The number of rotatable bonds is 14. The van der Waals surface area contributed by atoms with Crippen LogP contribution in [0.5, 0.6) is 11.5 Å². The predicted octanol–water partition coefficient (Wildman–Crippen LogP) is 9.56. The molecule has 0 saturated carbocycles. The second-order valence-electron chi connectivity index (χ2n) is 10.4. The molecular formula is C34H32Br2Cl2FNO4S. The standard InChI is InChI=1S/C34H32Br2Cl2FNO4S/c1-43-32-18-27(28(36)19-33(32)44-2)34(42)40-30(15-20-4-3-5-22(35)14-20)31(41)17-26(45-25-12-9-24(39)10-13-25)11-7-21-6-8-23(37)16-29(21)38/h3-6,8-10,12-14,16,18-19,26,30-31,41H,7,11,15,17H2,1-2H3,(H,40,42)/t26-,30-,31+/m0/s1. The van der Waals surface area contributed by atoms with E-state index < -0.39 is 12.1 Å². The maximum atomic E-state index is 13.7. The van der Waals surface area contributed by atoms with E-state index in [0.717, 1.165) is 20.5 Å². The van der Waals surface area contributed by atoms with Gasteiger partial charge in [0.2, 0.25) is 0 Å². The fourth-order valence-corrected chi connectivity index (χ4v) is 7.54. The number of halogens is 5. The highest BCUT2D eigenvalue weighted by atomic mass is 79.9. The Morgan fingerprint density at radius 3 is 2.36 bits per heavy atom. The van der Waals surface area contributed by atoms with Gasteiger partial charge in [-0.3, -0.25) is 4.79 Å². The van der Waals surface area contributed by atoms with Crippen LogP contribution in [-0.2, 0) is 12.8 Å². The first-order chi connectivity index (χ1) is 21.6. The third kappa shape index (κ3) is 10.4. The van der Waals surface area contributed by atoms with Crippen molar-refractivity contribution in [1.29, 1.82) is 0 Å². The monoisotopic (exact) mass is 797 g/mol. The molecule has 0 aromatic heterocycles. The van der Waals surface area contributed by atoms with Crippen molar-refractivity contribution in [2.75, 3.05) is 14.2 Å². The van der Waals surface area contributed by atoms with E-state index in [4.69, 9.17) is 32.7 Å². The summed E-state index contributed by atoms with van der Waals surface area (Å²) >= 11 is 21.1. The zero-order valence-corrected chi connectivity index (χ0v) is 30.0. The number of thioether (sulfide) groups is 1. The van der Waals surface area contributed by atoms with Crippen LogP contribution in [0.15, 0.2) is 92.7 Å². The number of amides is 1. The van der Waals surface area contributed by atoms with Crippen molar-refractivity contribution in [1.82, 2.24) is 5.32 Å². The number of nitrogens with one attached hydrogen (secondary N) is 1. The lowest BCUT2D eigenvalue weighted by Crippen LogP contribution is -2.46. The Morgan fingerprint density at radius 1 is 0.978 bits per heavy atom. The first kappa shape index (κ1) is 35.6. The predicted molar refractivity (Wildman–Crippen MR) is 188 cm³/mol. The lowest BCUT2D eigenvalue weighted by molar-refractivity contribution is 0.0810. The van der Waals surface area contributed by atoms with E-state index in [1.165, 1.54) is 26.4 Å². The molecule has 4 aromatic rings. The van der Waals surface area contributed by atoms with Crippen LogP contribution in [-0.4, -0.2) is 42.6 Å². The first-order valence-electron chi connectivity index (χ1n) is 14.1. The van der Waals surface area contributed by atoms with E-state index in [1.807, 2.05) is 30.3 Å². The van der Waals surface area contributed by atoms with E-state index in [9.17, 15) is 14.3 Å². The molecule has 0 heterocycles. The number of aliphatic hydroxyl groups excluding tert-OH is 1. The molecule has 0 aliphatic heterocycles. The van der Waals surface area contributed by atoms with Crippen LogP contribution in [0.1, 0.15) is 34.3 Å². The minimum absolute atomic E-state index is 0.0908. The SMILES string of the molecule is COc1cc(Br)c(C(=O)N[C@@H](Cc2cccc(Br)c2)[C@H](O)C[C@H](CCc2ccc(Cl)cc2Cl)Sc2ccc(F)cc2)cc1OC. The summed E-state index contributed by atoms with van der Waals surface area (Å²) in [7, 11) is 3.03. The average molecular weight is 800 g/mol. The number of methoxy groups -OCH3 is 2. The topological polar surface area (TPSA) is 67.8 Å². The van der Waals surface area contributed by atoms with Gasteiger partial charge < -0.3 is 19.9 Å². The maximum absolute atomic E-state index is 13.7. The zero-order valence-electron chi connectivity index (χ0n) is 24.5. The molecule has 0 spiro atoms. The minimum atomic E-state index is -0.925. The molecule has 5 nitrogen and oxygen atoms in total. The van der Waals surface area contributed by atoms with E-state index in [0.29, 0.717) is 57.3 Å². The van der Waals surface area contributed by atoms with Crippen molar-refractivity contribution in [3.05, 3.63) is 120 Å². The summed E-state index contributed by atoms with van der Waals surface area (Å²) in [5.74, 6) is 0.194. The molecule has 4 rings (SSSR count). The van der Waals surface area contributed by atoms with Crippen LogP contribution in [0.3, 0.4) is 0 Å². The quantitative estimate of drug-likeness (QED) is 0.125. The van der Waals surface area contributed by atoms with Gasteiger partial charge in [0.25, 0.3) is 5.91 Å². The van der Waals surface area contributed by atoms with Gasteiger partial charge in [-0.05, 0) is 113 Å². The molecule has 0 fully saturated rings. The molecule has 11 heteroatoms. The summed E-state index contributed by atoms with van der Waals surface area (Å²) in [5.41, 5.74) is 2.22. The zero-order chi connectivity index (χ0) is 32.5. The van der Waals surface area contributed by atoms with Crippen LogP contribution in [0.2, 0.25) is 10.0 Å². The summed E-state index contributed by atoms with van der Waals surface area (Å²) in [6.07, 6.45) is 1.11. The average Bonchev–Trinajstić information content (AvgIpc) is 3.01. The summed E-state index contributed by atoms with van der Waals surface area (Å²) in [6, 6.07) is 22.1. The van der Waals surface area contributed by atoms with Gasteiger partial charge in [-0.15, -0.1) is 11.8 Å². The number of carbonyl (C=O) groups is 1. The highest BCUT2D eigenvalue weighted by molar-refractivity contribution is 9.10. The smallest absolute Gasteiger partial charge is 0.252 e. The van der Waals surface area contributed by atoms with Gasteiger partial charge in [-0.1, -0.05) is 57.3 Å². The van der Waals surface area contributed by atoms with E-state index in [-0.39, 0.29) is 17.0 Å². The Morgan fingerprint density at radius 2 is 1.69 bits per heavy atom. The summed E-state index contributed by atoms with van der Waals surface area (Å²) in [4.78, 5) is 14.5. The fourth-order valence-electron chi connectivity index (χ4n) is 4.88. The van der Waals surface area contributed by atoms with Crippen LogP contribution < -0.4 is 14.8 Å². The van der Waals surface area contributed by atoms with Crippen molar-refractivity contribution >= 4 is 72.7 Å². The Labute approximate surface area is 294 Å².